The van der Waals surface area contributed by atoms with Gasteiger partial charge < -0.3 is 25.7 Å². The Kier molecular flexibility index (Phi) is 5.74. The Bertz CT molecular complexity index is 736. The van der Waals surface area contributed by atoms with E-state index in [4.69, 9.17) is 25.7 Å². The van der Waals surface area contributed by atoms with Gasteiger partial charge in [-0.3, -0.25) is 0 Å². The van der Waals surface area contributed by atoms with E-state index in [1.54, 1.807) is 6.07 Å². The predicted molar refractivity (Wildman–Crippen MR) is 89.6 cm³/mol. The SMILES string of the molecule is CCOc1c(Br)cc(C(=O)OCc2nc(N)nc(N)n2)cc1OC. The number of ether oxygens (including phenoxy) is 3. The van der Waals surface area contributed by atoms with Crippen LogP contribution in [0.1, 0.15) is 23.1 Å². The molecule has 0 amide bonds. The largest absolute Gasteiger partial charge is 0.493 e. The number of halogens is 1. The van der Waals surface area contributed by atoms with Crippen molar-refractivity contribution in [2.24, 2.45) is 0 Å². The lowest BCUT2D eigenvalue weighted by atomic mass is 10.2. The quantitative estimate of drug-likeness (QED) is 0.695. The Labute approximate surface area is 146 Å². The zero-order valence-electron chi connectivity index (χ0n) is 13.1. The molecule has 2 aromatic rings. The van der Waals surface area contributed by atoms with E-state index in [9.17, 15) is 4.79 Å². The molecule has 4 N–H and O–H groups in total. The Morgan fingerprint density at radius 2 is 1.88 bits per heavy atom. The first-order valence-corrected chi connectivity index (χ1v) is 7.67. The number of nitrogen functional groups attached to an aromatic ring is 2. The summed E-state index contributed by atoms with van der Waals surface area (Å²) >= 11 is 3.34. The highest BCUT2D eigenvalue weighted by Gasteiger charge is 2.17. The minimum atomic E-state index is -0.588. The van der Waals surface area contributed by atoms with Crippen molar-refractivity contribution in [3.63, 3.8) is 0 Å². The van der Waals surface area contributed by atoms with E-state index in [0.717, 1.165) is 0 Å². The van der Waals surface area contributed by atoms with Crippen molar-refractivity contribution in [1.82, 2.24) is 15.0 Å². The Morgan fingerprint density at radius 3 is 2.46 bits per heavy atom. The molecule has 1 aromatic heterocycles. The van der Waals surface area contributed by atoms with Crippen molar-refractivity contribution in [3.05, 3.63) is 28.0 Å². The van der Waals surface area contributed by atoms with Gasteiger partial charge in [0.05, 0.1) is 23.8 Å². The smallest absolute Gasteiger partial charge is 0.338 e. The maximum absolute atomic E-state index is 12.2. The van der Waals surface area contributed by atoms with Gasteiger partial charge >= 0.3 is 5.97 Å². The number of hydrogen-bond acceptors (Lipinski definition) is 9. The van der Waals surface area contributed by atoms with Gasteiger partial charge in [-0.15, -0.1) is 0 Å². The van der Waals surface area contributed by atoms with E-state index in [0.29, 0.717) is 22.6 Å². The molecule has 128 valence electrons. The Morgan fingerprint density at radius 1 is 1.21 bits per heavy atom. The van der Waals surface area contributed by atoms with Crippen LogP contribution in [0.4, 0.5) is 11.9 Å². The molecule has 9 nitrogen and oxygen atoms in total. The topological polar surface area (TPSA) is 135 Å². The van der Waals surface area contributed by atoms with Crippen LogP contribution in [0.25, 0.3) is 0 Å². The fourth-order valence-electron chi connectivity index (χ4n) is 1.86. The summed E-state index contributed by atoms with van der Waals surface area (Å²) in [5.41, 5.74) is 11.2. The van der Waals surface area contributed by atoms with Gasteiger partial charge in [-0.05, 0) is 35.0 Å². The van der Waals surface area contributed by atoms with Crippen LogP contribution in [0.3, 0.4) is 0 Å². The lowest BCUT2D eigenvalue weighted by Crippen LogP contribution is -2.11. The first-order chi connectivity index (χ1) is 11.4. The van der Waals surface area contributed by atoms with Crippen molar-refractivity contribution in [2.45, 2.75) is 13.5 Å². The molecule has 0 unspecified atom stereocenters. The van der Waals surface area contributed by atoms with E-state index in [1.807, 2.05) is 6.92 Å². The highest BCUT2D eigenvalue weighted by Crippen LogP contribution is 2.36. The van der Waals surface area contributed by atoms with E-state index in [2.05, 4.69) is 30.9 Å². The number of nitrogens with zero attached hydrogens (tertiary/aromatic N) is 3. The molecule has 0 bridgehead atoms. The van der Waals surface area contributed by atoms with E-state index >= 15 is 0 Å². The maximum Gasteiger partial charge on any atom is 0.338 e. The van der Waals surface area contributed by atoms with Gasteiger partial charge in [0.2, 0.25) is 11.9 Å². The number of carbonyl (C=O) groups is 1. The van der Waals surface area contributed by atoms with Crippen LogP contribution >= 0.6 is 15.9 Å². The molecule has 1 heterocycles. The van der Waals surface area contributed by atoms with Crippen LogP contribution in [-0.4, -0.2) is 34.6 Å². The summed E-state index contributed by atoms with van der Waals surface area (Å²) in [5, 5.41) is 0. The highest BCUT2D eigenvalue weighted by molar-refractivity contribution is 9.10. The molecular formula is C14H16BrN5O4. The van der Waals surface area contributed by atoms with Gasteiger partial charge in [-0.25, -0.2) is 4.79 Å². The molecule has 0 saturated carbocycles. The van der Waals surface area contributed by atoms with Crippen molar-refractivity contribution < 1.29 is 19.0 Å². The van der Waals surface area contributed by atoms with Gasteiger partial charge in [0.1, 0.15) is 0 Å². The average Bonchev–Trinajstić information content (AvgIpc) is 2.53. The zero-order chi connectivity index (χ0) is 17.7. The predicted octanol–water partition coefficient (Wildman–Crippen LogP) is 1.56. The molecule has 0 fully saturated rings. The third kappa shape index (κ3) is 4.22. The monoisotopic (exact) mass is 397 g/mol. The number of anilines is 2. The fourth-order valence-corrected chi connectivity index (χ4v) is 2.41. The molecule has 0 radical (unpaired) electrons. The number of esters is 1. The number of aromatic nitrogens is 3. The minimum Gasteiger partial charge on any atom is -0.493 e. The summed E-state index contributed by atoms with van der Waals surface area (Å²) in [6.07, 6.45) is 0. The third-order valence-electron chi connectivity index (χ3n) is 2.80. The molecule has 1 aromatic carbocycles. The Balaban J connectivity index is 2.16. The molecule has 0 atom stereocenters. The first kappa shape index (κ1) is 17.7. The van der Waals surface area contributed by atoms with Crippen LogP contribution in [-0.2, 0) is 11.3 Å². The highest BCUT2D eigenvalue weighted by atomic mass is 79.9. The van der Waals surface area contributed by atoms with Crippen LogP contribution in [0.2, 0.25) is 0 Å². The van der Waals surface area contributed by atoms with Gasteiger partial charge in [0.15, 0.2) is 23.9 Å². The number of hydrogen-bond donors (Lipinski definition) is 2. The summed E-state index contributed by atoms with van der Waals surface area (Å²) in [4.78, 5) is 23.5. The lowest BCUT2D eigenvalue weighted by molar-refractivity contribution is 0.0461. The number of benzene rings is 1. The number of carbonyl (C=O) groups excluding carboxylic acids is 1. The van der Waals surface area contributed by atoms with E-state index in [1.165, 1.54) is 13.2 Å². The second-order valence-corrected chi connectivity index (χ2v) is 5.32. The molecule has 0 saturated heterocycles. The van der Waals surface area contributed by atoms with Gasteiger partial charge in [0.25, 0.3) is 0 Å². The van der Waals surface area contributed by atoms with Crippen LogP contribution in [0.5, 0.6) is 11.5 Å². The maximum atomic E-state index is 12.2. The standard InChI is InChI=1S/C14H16BrN5O4/c1-3-23-11-8(15)4-7(5-9(11)22-2)12(21)24-6-10-18-13(16)20-14(17)19-10/h4-5H,3,6H2,1-2H3,(H4,16,17,18,19,20). The minimum absolute atomic E-state index is 0.0426. The zero-order valence-corrected chi connectivity index (χ0v) is 14.7. The number of nitrogens with two attached hydrogens (primary N) is 2. The van der Waals surface area contributed by atoms with Crippen LogP contribution in [0, 0.1) is 0 Å². The second-order valence-electron chi connectivity index (χ2n) is 4.47. The van der Waals surface area contributed by atoms with Gasteiger partial charge in [-0.1, -0.05) is 0 Å². The summed E-state index contributed by atoms with van der Waals surface area (Å²) in [6.45, 7) is 2.12. The van der Waals surface area contributed by atoms with Crippen molar-refractivity contribution in [3.8, 4) is 11.5 Å². The molecule has 0 aliphatic rings. The van der Waals surface area contributed by atoms with Crippen molar-refractivity contribution >= 4 is 33.8 Å². The number of methoxy groups -OCH3 is 1. The molecule has 2 rings (SSSR count). The second kappa shape index (κ2) is 7.77. The summed E-state index contributed by atoms with van der Waals surface area (Å²) in [6, 6.07) is 3.10. The van der Waals surface area contributed by atoms with Crippen molar-refractivity contribution in [1.29, 1.82) is 0 Å². The van der Waals surface area contributed by atoms with Crippen LogP contribution < -0.4 is 20.9 Å². The first-order valence-electron chi connectivity index (χ1n) is 6.88. The normalized spacial score (nSPS) is 10.3. The molecular weight excluding hydrogens is 382 g/mol. The molecule has 0 spiro atoms. The molecule has 0 aliphatic heterocycles. The lowest BCUT2D eigenvalue weighted by Gasteiger charge is -2.13. The van der Waals surface area contributed by atoms with Crippen molar-refractivity contribution in [2.75, 3.05) is 25.2 Å². The van der Waals surface area contributed by atoms with Gasteiger partial charge in [0, 0.05) is 0 Å². The summed E-state index contributed by atoms with van der Waals surface area (Å²) in [7, 11) is 1.48. The molecule has 24 heavy (non-hydrogen) atoms. The fraction of sp³-hybridized carbons (Fsp3) is 0.286. The molecule has 10 heteroatoms. The van der Waals surface area contributed by atoms with E-state index in [-0.39, 0.29) is 29.9 Å². The van der Waals surface area contributed by atoms with Gasteiger partial charge in [-0.2, -0.15) is 15.0 Å². The third-order valence-corrected chi connectivity index (χ3v) is 3.39. The number of rotatable bonds is 6. The average molecular weight is 398 g/mol. The summed E-state index contributed by atoms with van der Waals surface area (Å²) in [5.74, 6) is 0.402. The summed E-state index contributed by atoms with van der Waals surface area (Å²) < 4.78 is 16.4. The molecule has 0 aliphatic carbocycles. The van der Waals surface area contributed by atoms with Crippen LogP contribution in [0.15, 0.2) is 16.6 Å². The van der Waals surface area contributed by atoms with E-state index < -0.39 is 5.97 Å². The Hall–Kier alpha value is -2.62.